The molecule has 4 atom stereocenters. The number of morpholine rings is 1. The van der Waals surface area contributed by atoms with Crippen molar-refractivity contribution in [2.45, 2.75) is 103 Å². The molecule has 8 rings (SSSR count). The van der Waals surface area contributed by atoms with Gasteiger partial charge in [-0.05, 0) is 86.9 Å². The Labute approximate surface area is 317 Å². The number of piperidine rings is 1. The van der Waals surface area contributed by atoms with E-state index in [1.54, 1.807) is 0 Å². The van der Waals surface area contributed by atoms with E-state index in [2.05, 4.69) is 100.0 Å². The second-order valence-corrected chi connectivity index (χ2v) is 16.2. The van der Waals surface area contributed by atoms with E-state index < -0.39 is 0 Å². The molecule has 284 valence electrons. The van der Waals surface area contributed by atoms with Crippen LogP contribution in [0.1, 0.15) is 101 Å². The minimum absolute atomic E-state index is 0.159. The second kappa shape index (κ2) is 15.1. The summed E-state index contributed by atoms with van der Waals surface area (Å²) in [7, 11) is 0. The van der Waals surface area contributed by atoms with Crippen LogP contribution in [0.3, 0.4) is 0 Å². The van der Waals surface area contributed by atoms with Gasteiger partial charge < -0.3 is 19.7 Å². The fourth-order valence-corrected chi connectivity index (χ4v) is 8.26. The number of pyridine rings is 1. The first-order chi connectivity index (χ1) is 26.1. The number of aromatic nitrogens is 5. The molecule has 5 heterocycles. The molecule has 54 heavy (non-hydrogen) atoms. The van der Waals surface area contributed by atoms with Crippen LogP contribution in [0.25, 0.3) is 11.3 Å². The lowest BCUT2D eigenvalue weighted by atomic mass is 9.85. The average Bonchev–Trinajstić information content (AvgIpc) is 3.78. The Bertz CT molecular complexity index is 2090. The van der Waals surface area contributed by atoms with Gasteiger partial charge in [-0.1, -0.05) is 57.2 Å². The zero-order valence-electron chi connectivity index (χ0n) is 32.2. The van der Waals surface area contributed by atoms with Gasteiger partial charge in [0.2, 0.25) is 5.95 Å². The molecule has 0 saturated carbocycles. The van der Waals surface area contributed by atoms with Gasteiger partial charge >= 0.3 is 6.03 Å². The van der Waals surface area contributed by atoms with E-state index in [1.807, 2.05) is 47.3 Å². The predicted octanol–water partition coefficient (Wildman–Crippen LogP) is 7.59. The van der Waals surface area contributed by atoms with Gasteiger partial charge in [0, 0.05) is 43.2 Å². The summed E-state index contributed by atoms with van der Waals surface area (Å²) in [5.74, 6) is 2.26. The molecule has 5 aromatic rings. The van der Waals surface area contributed by atoms with Crippen LogP contribution in [0.5, 0.6) is 5.75 Å². The molecular formula is C42H53N9O3. The van der Waals surface area contributed by atoms with Crippen molar-refractivity contribution in [1.29, 1.82) is 0 Å². The number of hydrogen-bond acceptors (Lipinski definition) is 8. The lowest BCUT2D eigenvalue weighted by Crippen LogP contribution is -2.44. The zero-order chi connectivity index (χ0) is 37.4. The van der Waals surface area contributed by atoms with E-state index in [9.17, 15) is 4.79 Å². The third-order valence-electron chi connectivity index (χ3n) is 11.2. The molecule has 12 heteroatoms. The predicted molar refractivity (Wildman–Crippen MR) is 211 cm³/mol. The number of rotatable bonds is 8. The number of ether oxygens (including phenoxy) is 2. The van der Waals surface area contributed by atoms with Crippen LogP contribution in [0.2, 0.25) is 0 Å². The minimum atomic E-state index is -0.271. The maximum atomic E-state index is 13.8. The van der Waals surface area contributed by atoms with Gasteiger partial charge in [0.1, 0.15) is 17.7 Å². The molecule has 2 saturated heterocycles. The number of benzene rings is 2. The summed E-state index contributed by atoms with van der Waals surface area (Å²) in [6, 6.07) is 23.0. The Hall–Kier alpha value is -4.94. The number of carbonyl (C=O) groups excluding carboxylic acids is 1. The summed E-state index contributed by atoms with van der Waals surface area (Å²) >= 11 is 0. The standard InChI is InChI=1S/C42H53N9O3/c1-28-10-8-11-29(2)50(28)41-46-45-38-19-16-32(27-49(38)41)54-36-18-17-35(33-14-6-7-15-34(33)36)43-40(52)44-39-25-37(42(3,4)5)47-51(39)31-13-9-12-30(24-31)26-48-20-22-53-23-21-48/h6-7,9,12-16,19,24-25,27-29,35-36H,8,10-11,17-18,20-23,26H2,1-5H3,(H2,43,44,52)/t28-,29+,35-,36+/m0/s1. The highest BCUT2D eigenvalue weighted by Crippen LogP contribution is 2.39. The van der Waals surface area contributed by atoms with Gasteiger partial charge in [0.15, 0.2) is 5.65 Å². The van der Waals surface area contributed by atoms with E-state index in [-0.39, 0.29) is 23.6 Å². The zero-order valence-corrected chi connectivity index (χ0v) is 32.2. The van der Waals surface area contributed by atoms with Crippen LogP contribution in [0.15, 0.2) is 72.9 Å². The van der Waals surface area contributed by atoms with Crippen molar-refractivity contribution < 1.29 is 14.3 Å². The number of nitrogens with one attached hydrogen (secondary N) is 2. The van der Waals surface area contributed by atoms with Crippen molar-refractivity contribution in [2.75, 3.05) is 36.5 Å². The van der Waals surface area contributed by atoms with E-state index in [4.69, 9.17) is 14.6 Å². The fourth-order valence-electron chi connectivity index (χ4n) is 8.26. The van der Waals surface area contributed by atoms with Crippen molar-refractivity contribution in [3.8, 4) is 11.4 Å². The maximum Gasteiger partial charge on any atom is 0.320 e. The molecule has 12 nitrogen and oxygen atoms in total. The van der Waals surface area contributed by atoms with Crippen LogP contribution >= 0.6 is 0 Å². The summed E-state index contributed by atoms with van der Waals surface area (Å²) in [6.45, 7) is 15.1. The molecule has 0 spiro atoms. The molecule has 0 unspecified atom stereocenters. The molecule has 2 aliphatic heterocycles. The first kappa shape index (κ1) is 36.1. The summed E-state index contributed by atoms with van der Waals surface area (Å²) in [4.78, 5) is 18.6. The maximum absolute atomic E-state index is 13.8. The monoisotopic (exact) mass is 731 g/mol. The van der Waals surface area contributed by atoms with E-state index in [0.29, 0.717) is 17.9 Å². The van der Waals surface area contributed by atoms with Gasteiger partial charge in [0.25, 0.3) is 0 Å². The number of anilines is 2. The Morgan fingerprint density at radius 1 is 0.907 bits per heavy atom. The summed E-state index contributed by atoms with van der Waals surface area (Å²) in [6.07, 6.45) is 6.86. The van der Waals surface area contributed by atoms with Crippen LogP contribution in [-0.4, -0.2) is 73.7 Å². The molecule has 2 amide bonds. The van der Waals surface area contributed by atoms with E-state index in [0.717, 1.165) is 98.4 Å². The number of amides is 2. The Kier molecular flexibility index (Phi) is 10.1. The summed E-state index contributed by atoms with van der Waals surface area (Å²) in [5.41, 5.74) is 5.74. The fraction of sp³-hybridized carbons (Fsp3) is 0.476. The normalized spacial score (nSPS) is 22.2. The Balaban J connectivity index is 0.989. The largest absolute Gasteiger partial charge is 0.484 e. The van der Waals surface area contributed by atoms with Crippen molar-refractivity contribution in [2.24, 2.45) is 0 Å². The van der Waals surface area contributed by atoms with E-state index in [1.165, 1.54) is 12.0 Å². The first-order valence-electron chi connectivity index (χ1n) is 19.6. The van der Waals surface area contributed by atoms with Crippen molar-refractivity contribution in [3.63, 3.8) is 0 Å². The number of fused-ring (bicyclic) bond motifs is 2. The van der Waals surface area contributed by atoms with Crippen molar-refractivity contribution in [1.82, 2.24) is 34.6 Å². The SMILES string of the molecule is C[C@@H]1CCC[C@H](C)N1c1nnc2ccc(O[C@@H]3CC[C@H](NC(=O)Nc4cc(C(C)(C)C)nn4-c4cccc(CN5CCOCC5)c4)c4ccccc43)cn12. The average molecular weight is 732 g/mol. The van der Waals surface area contributed by atoms with Crippen LogP contribution in [0, 0.1) is 0 Å². The third-order valence-corrected chi connectivity index (χ3v) is 11.2. The highest BCUT2D eigenvalue weighted by Gasteiger charge is 2.32. The lowest BCUT2D eigenvalue weighted by molar-refractivity contribution is 0.0342. The molecule has 2 fully saturated rings. The highest BCUT2D eigenvalue weighted by atomic mass is 16.5. The molecule has 3 aromatic heterocycles. The summed E-state index contributed by atoms with van der Waals surface area (Å²) in [5, 5.41) is 20.5. The van der Waals surface area contributed by atoms with Gasteiger partial charge in [-0.15, -0.1) is 10.2 Å². The smallest absolute Gasteiger partial charge is 0.320 e. The van der Waals surface area contributed by atoms with Gasteiger partial charge in [-0.2, -0.15) is 5.10 Å². The van der Waals surface area contributed by atoms with Gasteiger partial charge in [0.05, 0.1) is 36.8 Å². The second-order valence-electron chi connectivity index (χ2n) is 16.2. The molecule has 2 aromatic carbocycles. The molecule has 3 aliphatic rings. The number of nitrogens with zero attached hydrogens (tertiary/aromatic N) is 7. The van der Waals surface area contributed by atoms with Crippen LogP contribution < -0.4 is 20.3 Å². The molecule has 0 bridgehead atoms. The number of hydrogen-bond donors (Lipinski definition) is 2. The minimum Gasteiger partial charge on any atom is -0.484 e. The highest BCUT2D eigenvalue weighted by molar-refractivity contribution is 5.89. The Morgan fingerprint density at radius 2 is 1.69 bits per heavy atom. The molecular weight excluding hydrogens is 679 g/mol. The van der Waals surface area contributed by atoms with Crippen molar-refractivity contribution >= 4 is 23.4 Å². The quantitative estimate of drug-likeness (QED) is 0.168. The molecule has 0 radical (unpaired) electrons. The number of urea groups is 1. The lowest BCUT2D eigenvalue weighted by Gasteiger charge is -2.39. The number of carbonyl (C=O) groups is 1. The van der Waals surface area contributed by atoms with Crippen LogP contribution in [-0.2, 0) is 16.7 Å². The third kappa shape index (κ3) is 7.54. The van der Waals surface area contributed by atoms with Gasteiger partial charge in [-0.25, -0.2) is 9.48 Å². The Morgan fingerprint density at radius 3 is 2.46 bits per heavy atom. The first-order valence-corrected chi connectivity index (χ1v) is 19.6. The topological polar surface area (TPSA) is 114 Å². The van der Waals surface area contributed by atoms with Crippen LogP contribution in [0.4, 0.5) is 16.6 Å². The van der Waals surface area contributed by atoms with Gasteiger partial charge in [-0.3, -0.25) is 14.6 Å². The molecule has 1 aliphatic carbocycles. The molecule has 2 N–H and O–H groups in total. The summed E-state index contributed by atoms with van der Waals surface area (Å²) < 4.78 is 16.2. The van der Waals surface area contributed by atoms with E-state index >= 15 is 0 Å². The van der Waals surface area contributed by atoms with Crippen molar-refractivity contribution in [3.05, 3.63) is 95.3 Å².